The summed E-state index contributed by atoms with van der Waals surface area (Å²) in [5, 5.41) is 14.9. The van der Waals surface area contributed by atoms with Crippen molar-refractivity contribution in [1.82, 2.24) is 5.32 Å². The molecule has 0 atom stereocenters. The Morgan fingerprint density at radius 3 is 2.94 bits per heavy atom. The van der Waals surface area contributed by atoms with Gasteiger partial charge in [-0.25, -0.2) is 0 Å². The number of rotatable bonds is 4. The highest BCUT2D eigenvalue weighted by atomic mass is 16.2. The molecule has 1 aromatic rings. The van der Waals surface area contributed by atoms with Crippen LogP contribution in [0.1, 0.15) is 24.0 Å². The van der Waals surface area contributed by atoms with E-state index in [1.54, 1.807) is 0 Å². The van der Waals surface area contributed by atoms with E-state index in [0.29, 0.717) is 11.6 Å². The number of nitrogens with zero attached hydrogens (tertiary/aromatic N) is 1. The van der Waals surface area contributed by atoms with Crippen LogP contribution in [0.5, 0.6) is 0 Å². The Hall–Kier alpha value is -2.02. The van der Waals surface area contributed by atoms with Gasteiger partial charge in [-0.3, -0.25) is 4.79 Å². The predicted octanol–water partition coefficient (Wildman–Crippen LogP) is 1.56. The number of benzene rings is 1. The summed E-state index contributed by atoms with van der Waals surface area (Å²) in [4.78, 5) is 11.5. The third kappa shape index (κ3) is 2.97. The monoisotopic (exact) mass is 229 g/mol. The number of amides is 1. The van der Waals surface area contributed by atoms with Crippen LogP contribution in [0.25, 0.3) is 0 Å². The molecule has 1 saturated carbocycles. The SMILES string of the molecule is Cc1cccc(NCC(=O)NC2CC2)c1C#N. The topological polar surface area (TPSA) is 64.9 Å². The van der Waals surface area contributed by atoms with Crippen LogP contribution in [0.3, 0.4) is 0 Å². The summed E-state index contributed by atoms with van der Waals surface area (Å²) in [6.45, 7) is 2.10. The van der Waals surface area contributed by atoms with Gasteiger partial charge in [-0.2, -0.15) is 5.26 Å². The molecule has 2 rings (SSSR count). The van der Waals surface area contributed by atoms with E-state index in [1.165, 1.54) is 0 Å². The fourth-order valence-electron chi connectivity index (χ4n) is 1.65. The number of carbonyl (C=O) groups excluding carboxylic acids is 1. The molecule has 88 valence electrons. The van der Waals surface area contributed by atoms with Crippen LogP contribution in [0.2, 0.25) is 0 Å². The summed E-state index contributed by atoms with van der Waals surface area (Å²) in [7, 11) is 0. The van der Waals surface area contributed by atoms with Gasteiger partial charge in [0.2, 0.25) is 5.91 Å². The smallest absolute Gasteiger partial charge is 0.239 e. The molecule has 0 aromatic heterocycles. The number of hydrogen-bond donors (Lipinski definition) is 2. The zero-order chi connectivity index (χ0) is 12.3. The molecular weight excluding hydrogens is 214 g/mol. The standard InChI is InChI=1S/C13H15N3O/c1-9-3-2-4-12(11(9)7-14)15-8-13(17)16-10-5-6-10/h2-4,10,15H,5-6,8H2,1H3,(H,16,17). The first-order valence-corrected chi connectivity index (χ1v) is 5.73. The lowest BCUT2D eigenvalue weighted by Crippen LogP contribution is -2.31. The van der Waals surface area contributed by atoms with Gasteiger partial charge in [0, 0.05) is 6.04 Å². The van der Waals surface area contributed by atoms with Crippen molar-refractivity contribution in [2.24, 2.45) is 0 Å². The minimum absolute atomic E-state index is 0.0158. The molecule has 1 aromatic carbocycles. The zero-order valence-electron chi connectivity index (χ0n) is 9.79. The fourth-order valence-corrected chi connectivity index (χ4v) is 1.65. The van der Waals surface area contributed by atoms with Crippen LogP contribution in [-0.4, -0.2) is 18.5 Å². The molecule has 0 radical (unpaired) electrons. The van der Waals surface area contributed by atoms with Gasteiger partial charge in [0.1, 0.15) is 6.07 Å². The lowest BCUT2D eigenvalue weighted by Gasteiger charge is -2.09. The lowest BCUT2D eigenvalue weighted by molar-refractivity contribution is -0.119. The fraction of sp³-hybridized carbons (Fsp3) is 0.385. The Morgan fingerprint density at radius 1 is 1.53 bits per heavy atom. The Morgan fingerprint density at radius 2 is 2.29 bits per heavy atom. The molecule has 0 heterocycles. The second-order valence-corrected chi connectivity index (χ2v) is 4.30. The average Bonchev–Trinajstić information content (AvgIpc) is 3.10. The van der Waals surface area contributed by atoms with Crippen LogP contribution >= 0.6 is 0 Å². The number of aryl methyl sites for hydroxylation is 1. The highest BCUT2D eigenvalue weighted by Gasteiger charge is 2.22. The molecule has 1 amide bonds. The molecule has 1 aliphatic carbocycles. The molecule has 17 heavy (non-hydrogen) atoms. The van der Waals surface area contributed by atoms with E-state index >= 15 is 0 Å². The van der Waals surface area contributed by atoms with Crippen molar-refractivity contribution in [1.29, 1.82) is 5.26 Å². The van der Waals surface area contributed by atoms with E-state index in [0.717, 1.165) is 24.1 Å². The van der Waals surface area contributed by atoms with E-state index in [2.05, 4.69) is 16.7 Å². The van der Waals surface area contributed by atoms with Gasteiger partial charge in [0.25, 0.3) is 0 Å². The van der Waals surface area contributed by atoms with Crippen LogP contribution in [-0.2, 0) is 4.79 Å². The van der Waals surface area contributed by atoms with Crippen molar-refractivity contribution in [2.75, 3.05) is 11.9 Å². The predicted molar refractivity (Wildman–Crippen MR) is 65.5 cm³/mol. The average molecular weight is 229 g/mol. The van der Waals surface area contributed by atoms with Crippen LogP contribution in [0, 0.1) is 18.3 Å². The minimum atomic E-state index is -0.0158. The molecule has 4 heteroatoms. The molecule has 2 N–H and O–H groups in total. The number of anilines is 1. The molecule has 0 saturated heterocycles. The first kappa shape index (κ1) is 11.5. The second-order valence-electron chi connectivity index (χ2n) is 4.30. The summed E-state index contributed by atoms with van der Waals surface area (Å²) in [5.41, 5.74) is 2.24. The van der Waals surface area contributed by atoms with E-state index in [4.69, 9.17) is 5.26 Å². The van der Waals surface area contributed by atoms with Crippen molar-refractivity contribution >= 4 is 11.6 Å². The van der Waals surface area contributed by atoms with Gasteiger partial charge in [-0.15, -0.1) is 0 Å². The molecule has 0 unspecified atom stereocenters. The number of carbonyl (C=O) groups is 1. The van der Waals surface area contributed by atoms with E-state index < -0.39 is 0 Å². The van der Waals surface area contributed by atoms with Gasteiger partial charge in [-0.1, -0.05) is 12.1 Å². The van der Waals surface area contributed by atoms with Gasteiger partial charge in [-0.05, 0) is 31.4 Å². The Bertz CT molecular complexity index is 472. The first-order chi connectivity index (χ1) is 8.20. The lowest BCUT2D eigenvalue weighted by atomic mass is 10.1. The van der Waals surface area contributed by atoms with Crippen LogP contribution in [0.15, 0.2) is 18.2 Å². The number of nitriles is 1. The summed E-state index contributed by atoms with van der Waals surface area (Å²) in [6.07, 6.45) is 2.17. The molecule has 1 aliphatic rings. The minimum Gasteiger partial charge on any atom is -0.375 e. The zero-order valence-corrected chi connectivity index (χ0v) is 9.79. The Kier molecular flexibility index (Phi) is 3.29. The van der Waals surface area contributed by atoms with E-state index in [-0.39, 0.29) is 12.5 Å². The molecule has 0 bridgehead atoms. The molecule has 0 aliphatic heterocycles. The van der Waals surface area contributed by atoms with Gasteiger partial charge >= 0.3 is 0 Å². The molecular formula is C13H15N3O. The maximum atomic E-state index is 11.5. The molecule has 1 fully saturated rings. The largest absolute Gasteiger partial charge is 0.375 e. The van der Waals surface area contributed by atoms with Crippen LogP contribution in [0.4, 0.5) is 5.69 Å². The molecule has 4 nitrogen and oxygen atoms in total. The number of nitrogens with one attached hydrogen (secondary N) is 2. The van der Waals surface area contributed by atoms with Crippen molar-refractivity contribution in [3.8, 4) is 6.07 Å². The highest BCUT2D eigenvalue weighted by Crippen LogP contribution is 2.19. The molecule has 0 spiro atoms. The van der Waals surface area contributed by atoms with Crippen molar-refractivity contribution < 1.29 is 4.79 Å². The Labute approximate surface area is 101 Å². The van der Waals surface area contributed by atoms with Crippen molar-refractivity contribution in [2.45, 2.75) is 25.8 Å². The maximum Gasteiger partial charge on any atom is 0.239 e. The van der Waals surface area contributed by atoms with Gasteiger partial charge in [0.05, 0.1) is 17.8 Å². The van der Waals surface area contributed by atoms with Crippen LogP contribution < -0.4 is 10.6 Å². The van der Waals surface area contributed by atoms with Crippen molar-refractivity contribution in [3.05, 3.63) is 29.3 Å². The van der Waals surface area contributed by atoms with Gasteiger partial charge < -0.3 is 10.6 Å². The van der Waals surface area contributed by atoms with Crippen molar-refractivity contribution in [3.63, 3.8) is 0 Å². The quantitative estimate of drug-likeness (QED) is 0.823. The summed E-state index contributed by atoms with van der Waals surface area (Å²) in [5.74, 6) is -0.0158. The Balaban J connectivity index is 1.96. The summed E-state index contributed by atoms with van der Waals surface area (Å²) >= 11 is 0. The third-order valence-corrected chi connectivity index (χ3v) is 2.77. The third-order valence-electron chi connectivity index (χ3n) is 2.77. The summed E-state index contributed by atoms with van der Waals surface area (Å²) < 4.78 is 0. The second kappa shape index (κ2) is 4.88. The first-order valence-electron chi connectivity index (χ1n) is 5.73. The number of hydrogen-bond acceptors (Lipinski definition) is 3. The van der Waals surface area contributed by atoms with E-state index in [9.17, 15) is 4.79 Å². The van der Waals surface area contributed by atoms with E-state index in [1.807, 2.05) is 25.1 Å². The normalized spacial score (nSPS) is 13.9. The highest BCUT2D eigenvalue weighted by molar-refractivity contribution is 5.81. The maximum absolute atomic E-state index is 11.5. The summed E-state index contributed by atoms with van der Waals surface area (Å²) in [6, 6.07) is 8.09. The van der Waals surface area contributed by atoms with Gasteiger partial charge in [0.15, 0.2) is 0 Å².